The Bertz CT molecular complexity index is 1060. The van der Waals surface area contributed by atoms with E-state index in [1.54, 1.807) is 12.1 Å². The summed E-state index contributed by atoms with van der Waals surface area (Å²) in [6, 6.07) is 11.2. The second-order valence-electron chi connectivity index (χ2n) is 7.53. The lowest BCUT2D eigenvalue weighted by Crippen LogP contribution is -2.54. The van der Waals surface area contributed by atoms with Crippen LogP contribution >= 0.6 is 0 Å². The van der Waals surface area contributed by atoms with Crippen molar-refractivity contribution < 1.29 is 31.1 Å². The lowest BCUT2D eigenvalue weighted by molar-refractivity contribution is -0.140. The number of nitrogens with one attached hydrogen (secondary N) is 1. The molecule has 1 aliphatic heterocycles. The van der Waals surface area contributed by atoms with Gasteiger partial charge in [0.1, 0.15) is 0 Å². The number of nitrogens with zero attached hydrogens (tertiary/aromatic N) is 1. The van der Waals surface area contributed by atoms with E-state index in [1.807, 2.05) is 19.1 Å². The van der Waals surface area contributed by atoms with Crippen LogP contribution in [0.4, 0.5) is 23.7 Å². The molecule has 0 radical (unpaired) electrons. The third-order valence-corrected chi connectivity index (χ3v) is 7.24. The highest BCUT2D eigenvalue weighted by molar-refractivity contribution is 7.89. The van der Waals surface area contributed by atoms with Gasteiger partial charge in [0.15, 0.2) is 5.72 Å². The second-order valence-corrected chi connectivity index (χ2v) is 9.43. The first-order chi connectivity index (χ1) is 14.9. The number of alkyl halides is 3. The summed E-state index contributed by atoms with van der Waals surface area (Å²) in [5.41, 5.74) is 5.06. The predicted octanol–water partition coefficient (Wildman–Crippen LogP) is 3.96. The summed E-state index contributed by atoms with van der Waals surface area (Å²) in [6.07, 6.45) is -4.89. The molecule has 0 spiro atoms. The van der Waals surface area contributed by atoms with E-state index < -0.39 is 38.5 Å². The van der Waals surface area contributed by atoms with E-state index in [-0.39, 0.29) is 25.9 Å². The number of carbonyl (C=O) groups is 1. The summed E-state index contributed by atoms with van der Waals surface area (Å²) in [7, 11) is -4.41. The van der Waals surface area contributed by atoms with Crippen molar-refractivity contribution in [2.45, 2.75) is 43.0 Å². The van der Waals surface area contributed by atoms with E-state index in [1.165, 1.54) is 6.07 Å². The summed E-state index contributed by atoms with van der Waals surface area (Å²) >= 11 is 0. The Balaban J connectivity index is 1.65. The van der Waals surface area contributed by atoms with Crippen molar-refractivity contribution in [3.8, 4) is 0 Å². The van der Waals surface area contributed by atoms with Gasteiger partial charge in [-0.1, -0.05) is 31.2 Å². The van der Waals surface area contributed by atoms with E-state index >= 15 is 0 Å². The van der Waals surface area contributed by atoms with E-state index in [0.29, 0.717) is 5.69 Å². The molecular weight excluding hydrogens is 447 g/mol. The first-order valence-electron chi connectivity index (χ1n) is 9.99. The van der Waals surface area contributed by atoms with Gasteiger partial charge < -0.3 is 4.74 Å². The minimum absolute atomic E-state index is 0.0669. The number of sulfonamides is 1. The number of rotatable bonds is 5. The number of anilines is 1. The monoisotopic (exact) mass is 471 g/mol. The first-order valence-corrected chi connectivity index (χ1v) is 11.4. The fraction of sp³-hybridized carbons (Fsp3) is 0.381. The van der Waals surface area contributed by atoms with Crippen molar-refractivity contribution in [2.75, 3.05) is 18.4 Å². The number of halogens is 3. The SMILES string of the molecule is CCc1ccc(NC(=O)OC2(N)CCN(S(=O)(=O)c3ccccc3C(F)(F)F)CC2)cc1. The fourth-order valence-corrected chi connectivity index (χ4v) is 5.08. The molecule has 0 bridgehead atoms. The molecule has 0 aromatic heterocycles. The highest BCUT2D eigenvalue weighted by Crippen LogP contribution is 2.36. The van der Waals surface area contributed by atoms with Crippen molar-refractivity contribution in [1.82, 2.24) is 4.31 Å². The molecule has 2 aromatic carbocycles. The minimum Gasteiger partial charge on any atom is -0.428 e. The normalized spacial score (nSPS) is 17.0. The number of nitrogens with two attached hydrogens (primary N) is 1. The Hall–Kier alpha value is -2.63. The molecule has 1 amide bonds. The average Bonchev–Trinajstić information content (AvgIpc) is 2.73. The number of hydrogen-bond acceptors (Lipinski definition) is 5. The van der Waals surface area contributed by atoms with Crippen LogP contribution in [0.5, 0.6) is 0 Å². The summed E-state index contributed by atoms with van der Waals surface area (Å²) in [5.74, 6) is 0. The molecule has 0 saturated carbocycles. The summed E-state index contributed by atoms with van der Waals surface area (Å²) in [4.78, 5) is 11.4. The van der Waals surface area contributed by atoms with E-state index in [2.05, 4.69) is 5.32 Å². The molecule has 32 heavy (non-hydrogen) atoms. The largest absolute Gasteiger partial charge is 0.428 e. The fourth-order valence-electron chi connectivity index (χ4n) is 3.42. The first kappa shape index (κ1) is 24.0. The van der Waals surface area contributed by atoms with Gasteiger partial charge in [0, 0.05) is 31.6 Å². The molecule has 1 saturated heterocycles. The molecule has 174 valence electrons. The molecule has 2 aromatic rings. The average molecular weight is 472 g/mol. The van der Waals surface area contributed by atoms with E-state index in [9.17, 15) is 26.4 Å². The van der Waals surface area contributed by atoms with Gasteiger partial charge in [-0.3, -0.25) is 11.1 Å². The van der Waals surface area contributed by atoms with Crippen LogP contribution in [0, 0.1) is 0 Å². The molecule has 7 nitrogen and oxygen atoms in total. The second kappa shape index (κ2) is 9.08. The molecule has 0 aliphatic carbocycles. The molecular formula is C21H24F3N3O4S. The third-order valence-electron chi connectivity index (χ3n) is 5.28. The minimum atomic E-state index is -4.81. The zero-order chi connectivity index (χ0) is 23.6. The Morgan fingerprint density at radius 3 is 2.28 bits per heavy atom. The maximum absolute atomic E-state index is 13.3. The van der Waals surface area contributed by atoms with Crippen LogP contribution in [0.2, 0.25) is 0 Å². The Kier molecular flexibility index (Phi) is 6.82. The highest BCUT2D eigenvalue weighted by atomic mass is 32.2. The lowest BCUT2D eigenvalue weighted by atomic mass is 10.0. The smallest absolute Gasteiger partial charge is 0.417 e. The van der Waals surface area contributed by atoms with Crippen LogP contribution in [-0.4, -0.2) is 37.6 Å². The Morgan fingerprint density at radius 1 is 1.12 bits per heavy atom. The van der Waals surface area contributed by atoms with Gasteiger partial charge >= 0.3 is 12.3 Å². The molecule has 1 fully saturated rings. The van der Waals surface area contributed by atoms with Crippen LogP contribution in [0.25, 0.3) is 0 Å². The van der Waals surface area contributed by atoms with Crippen molar-refractivity contribution >= 4 is 21.8 Å². The summed E-state index contributed by atoms with van der Waals surface area (Å²) < 4.78 is 71.7. The van der Waals surface area contributed by atoms with Crippen molar-refractivity contribution in [3.05, 3.63) is 59.7 Å². The van der Waals surface area contributed by atoms with Crippen LogP contribution in [-0.2, 0) is 27.4 Å². The highest BCUT2D eigenvalue weighted by Gasteiger charge is 2.42. The standard InChI is InChI=1S/C21H24F3N3O4S/c1-2-15-7-9-16(10-8-15)26-19(28)31-20(25)11-13-27(14-12-20)32(29,30)18-6-4-3-5-17(18)21(22,23)24/h3-10H,2,11-14,25H2,1H3,(H,26,28). The molecule has 0 atom stereocenters. The number of piperidine rings is 1. The lowest BCUT2D eigenvalue weighted by Gasteiger charge is -2.37. The number of aryl methyl sites for hydroxylation is 1. The van der Waals surface area contributed by atoms with Crippen LogP contribution < -0.4 is 11.1 Å². The quantitative estimate of drug-likeness (QED) is 0.643. The number of ether oxygens (including phenoxy) is 1. The van der Waals surface area contributed by atoms with Gasteiger partial charge in [-0.15, -0.1) is 0 Å². The van der Waals surface area contributed by atoms with Crippen molar-refractivity contribution in [2.24, 2.45) is 5.73 Å². The molecule has 11 heteroatoms. The van der Waals surface area contributed by atoms with Gasteiger partial charge in [-0.2, -0.15) is 17.5 Å². The molecule has 1 aliphatic rings. The Morgan fingerprint density at radius 2 is 1.72 bits per heavy atom. The van der Waals surface area contributed by atoms with Gasteiger partial charge in [0.2, 0.25) is 10.0 Å². The Labute approximate surface area is 184 Å². The van der Waals surface area contributed by atoms with Gasteiger partial charge in [0.05, 0.1) is 10.5 Å². The van der Waals surface area contributed by atoms with Crippen LogP contribution in [0.3, 0.4) is 0 Å². The van der Waals surface area contributed by atoms with Gasteiger partial charge in [-0.25, -0.2) is 13.2 Å². The van der Waals surface area contributed by atoms with Crippen molar-refractivity contribution in [1.29, 1.82) is 0 Å². The summed E-state index contributed by atoms with van der Waals surface area (Å²) in [6.45, 7) is 1.62. The zero-order valence-corrected chi connectivity index (χ0v) is 18.2. The van der Waals surface area contributed by atoms with Crippen molar-refractivity contribution in [3.63, 3.8) is 0 Å². The van der Waals surface area contributed by atoms with E-state index in [4.69, 9.17) is 10.5 Å². The maximum Gasteiger partial charge on any atom is 0.417 e. The number of carbonyl (C=O) groups excluding carboxylic acids is 1. The van der Waals surface area contributed by atoms with Gasteiger partial charge in [0.25, 0.3) is 0 Å². The van der Waals surface area contributed by atoms with Gasteiger partial charge in [-0.05, 0) is 36.2 Å². The van der Waals surface area contributed by atoms with Crippen LogP contribution in [0.15, 0.2) is 53.4 Å². The molecule has 0 unspecified atom stereocenters. The molecule has 3 N–H and O–H groups in total. The zero-order valence-electron chi connectivity index (χ0n) is 17.4. The number of amides is 1. The number of benzene rings is 2. The summed E-state index contributed by atoms with van der Waals surface area (Å²) in [5, 5.41) is 2.56. The number of hydrogen-bond donors (Lipinski definition) is 2. The predicted molar refractivity (Wildman–Crippen MR) is 112 cm³/mol. The third kappa shape index (κ3) is 5.40. The maximum atomic E-state index is 13.3. The van der Waals surface area contributed by atoms with Crippen LogP contribution in [0.1, 0.15) is 30.9 Å². The molecule has 3 rings (SSSR count). The van der Waals surface area contributed by atoms with E-state index in [0.717, 1.165) is 34.5 Å². The topological polar surface area (TPSA) is 102 Å². The molecule has 1 heterocycles.